The van der Waals surface area contributed by atoms with Gasteiger partial charge in [-0.05, 0) is 24.6 Å². The lowest BCUT2D eigenvalue weighted by molar-refractivity contribution is -0.128. The van der Waals surface area contributed by atoms with Crippen molar-refractivity contribution in [2.45, 2.75) is 34.2 Å². The number of amides is 1. The van der Waals surface area contributed by atoms with Crippen LogP contribution in [-0.2, 0) is 11.3 Å². The highest BCUT2D eigenvalue weighted by atomic mass is 16.5. The van der Waals surface area contributed by atoms with E-state index >= 15 is 0 Å². The Kier molecular flexibility index (Phi) is 4.55. The van der Waals surface area contributed by atoms with Gasteiger partial charge in [0.2, 0.25) is 5.91 Å². The quantitative estimate of drug-likeness (QED) is 0.871. The zero-order chi connectivity index (χ0) is 12.9. The number of ether oxygens (including phenoxy) is 1. The number of benzene rings is 1. The molecule has 0 heterocycles. The first-order valence-electron chi connectivity index (χ1n) is 5.93. The van der Waals surface area contributed by atoms with E-state index < -0.39 is 0 Å². The number of hydrogen-bond donors (Lipinski definition) is 1. The zero-order valence-corrected chi connectivity index (χ0v) is 11.0. The van der Waals surface area contributed by atoms with Crippen molar-refractivity contribution in [1.29, 1.82) is 0 Å². The summed E-state index contributed by atoms with van der Waals surface area (Å²) in [5.74, 6) is 0.898. The summed E-state index contributed by atoms with van der Waals surface area (Å²) in [5, 5.41) is 2.91. The van der Waals surface area contributed by atoms with Crippen molar-refractivity contribution in [1.82, 2.24) is 5.32 Å². The van der Waals surface area contributed by atoms with E-state index in [9.17, 15) is 4.79 Å². The smallest absolute Gasteiger partial charge is 0.225 e. The fourth-order valence-electron chi connectivity index (χ4n) is 1.36. The summed E-state index contributed by atoms with van der Waals surface area (Å²) in [7, 11) is 0. The average Bonchev–Trinajstić information content (AvgIpc) is 2.25. The number of nitrogens with one attached hydrogen (secondary N) is 1. The van der Waals surface area contributed by atoms with Gasteiger partial charge in [0.25, 0.3) is 0 Å². The molecule has 0 aliphatic heterocycles. The van der Waals surface area contributed by atoms with E-state index in [2.05, 4.69) is 5.32 Å². The Balaban J connectivity index is 2.57. The SMILES string of the molecule is CCOc1cccc(CNC(=O)C(C)(C)C)c1. The van der Waals surface area contributed by atoms with Crippen LogP contribution in [-0.4, -0.2) is 12.5 Å². The standard InChI is InChI=1S/C14H21NO2/c1-5-17-12-8-6-7-11(9-12)10-15-13(16)14(2,3)4/h6-9H,5,10H2,1-4H3,(H,15,16). The minimum Gasteiger partial charge on any atom is -0.494 e. The van der Waals surface area contributed by atoms with Crippen LogP contribution < -0.4 is 10.1 Å². The van der Waals surface area contributed by atoms with Gasteiger partial charge < -0.3 is 10.1 Å². The van der Waals surface area contributed by atoms with Gasteiger partial charge in [0.05, 0.1) is 6.61 Å². The molecule has 1 aromatic carbocycles. The first kappa shape index (κ1) is 13.6. The van der Waals surface area contributed by atoms with Crippen LogP contribution in [0.15, 0.2) is 24.3 Å². The van der Waals surface area contributed by atoms with Crippen LogP contribution in [0, 0.1) is 5.41 Å². The van der Waals surface area contributed by atoms with E-state index in [0.29, 0.717) is 13.2 Å². The third-order valence-corrected chi connectivity index (χ3v) is 2.34. The molecule has 0 atom stereocenters. The minimum atomic E-state index is -0.350. The van der Waals surface area contributed by atoms with Gasteiger partial charge in [-0.25, -0.2) is 0 Å². The molecule has 0 saturated carbocycles. The molecule has 0 saturated heterocycles. The van der Waals surface area contributed by atoms with Gasteiger partial charge in [-0.15, -0.1) is 0 Å². The van der Waals surface area contributed by atoms with E-state index in [1.54, 1.807) is 0 Å². The van der Waals surface area contributed by atoms with Gasteiger partial charge in [0, 0.05) is 12.0 Å². The molecular formula is C14H21NO2. The van der Waals surface area contributed by atoms with E-state index in [0.717, 1.165) is 11.3 Å². The van der Waals surface area contributed by atoms with Gasteiger partial charge in [-0.3, -0.25) is 4.79 Å². The van der Waals surface area contributed by atoms with E-state index in [4.69, 9.17) is 4.74 Å². The molecule has 17 heavy (non-hydrogen) atoms. The number of hydrogen-bond acceptors (Lipinski definition) is 2. The Morgan fingerprint density at radius 1 is 1.35 bits per heavy atom. The fraction of sp³-hybridized carbons (Fsp3) is 0.500. The van der Waals surface area contributed by atoms with Crippen LogP contribution >= 0.6 is 0 Å². The zero-order valence-electron chi connectivity index (χ0n) is 11.0. The van der Waals surface area contributed by atoms with Crippen molar-refractivity contribution in [3.63, 3.8) is 0 Å². The molecule has 0 aromatic heterocycles. The van der Waals surface area contributed by atoms with Crippen LogP contribution in [0.2, 0.25) is 0 Å². The lowest BCUT2D eigenvalue weighted by Gasteiger charge is -2.17. The van der Waals surface area contributed by atoms with Gasteiger partial charge in [0.1, 0.15) is 5.75 Å². The Morgan fingerprint density at radius 2 is 2.06 bits per heavy atom. The number of carbonyl (C=O) groups excluding carboxylic acids is 1. The summed E-state index contributed by atoms with van der Waals surface area (Å²) in [6.07, 6.45) is 0. The average molecular weight is 235 g/mol. The number of carbonyl (C=O) groups is 1. The fourth-order valence-corrected chi connectivity index (χ4v) is 1.36. The van der Waals surface area contributed by atoms with E-state index in [1.165, 1.54) is 0 Å². The maximum atomic E-state index is 11.7. The third kappa shape index (κ3) is 4.47. The maximum Gasteiger partial charge on any atom is 0.225 e. The van der Waals surface area contributed by atoms with Gasteiger partial charge >= 0.3 is 0 Å². The lowest BCUT2D eigenvalue weighted by atomic mass is 9.95. The van der Waals surface area contributed by atoms with Crippen molar-refractivity contribution < 1.29 is 9.53 Å². The molecule has 0 radical (unpaired) electrons. The van der Waals surface area contributed by atoms with Crippen LogP contribution in [0.25, 0.3) is 0 Å². The summed E-state index contributed by atoms with van der Waals surface area (Å²) < 4.78 is 5.41. The van der Waals surface area contributed by atoms with Crippen LogP contribution in [0.4, 0.5) is 0 Å². The molecule has 1 rings (SSSR count). The van der Waals surface area contributed by atoms with Crippen molar-refractivity contribution in [3.8, 4) is 5.75 Å². The molecule has 1 aromatic rings. The van der Waals surface area contributed by atoms with Crippen molar-refractivity contribution in [2.75, 3.05) is 6.61 Å². The van der Waals surface area contributed by atoms with Crippen LogP contribution in [0.1, 0.15) is 33.3 Å². The van der Waals surface area contributed by atoms with Crippen molar-refractivity contribution in [3.05, 3.63) is 29.8 Å². The van der Waals surface area contributed by atoms with Crippen molar-refractivity contribution in [2.24, 2.45) is 5.41 Å². The third-order valence-electron chi connectivity index (χ3n) is 2.34. The van der Waals surface area contributed by atoms with Crippen molar-refractivity contribution >= 4 is 5.91 Å². The highest BCUT2D eigenvalue weighted by molar-refractivity contribution is 5.81. The predicted molar refractivity (Wildman–Crippen MR) is 68.9 cm³/mol. The van der Waals surface area contributed by atoms with E-state index in [-0.39, 0.29) is 11.3 Å². The second-order valence-corrected chi connectivity index (χ2v) is 5.01. The Labute approximate surface area is 103 Å². The normalized spacial score (nSPS) is 11.1. The summed E-state index contributed by atoms with van der Waals surface area (Å²) in [5.41, 5.74) is 0.700. The molecule has 0 aliphatic rings. The molecule has 3 nitrogen and oxygen atoms in total. The molecular weight excluding hydrogens is 214 g/mol. The number of rotatable bonds is 4. The largest absolute Gasteiger partial charge is 0.494 e. The summed E-state index contributed by atoms with van der Waals surface area (Å²) >= 11 is 0. The van der Waals surface area contributed by atoms with Gasteiger partial charge in [-0.1, -0.05) is 32.9 Å². The maximum absolute atomic E-state index is 11.7. The molecule has 1 amide bonds. The molecule has 0 fully saturated rings. The second kappa shape index (κ2) is 5.71. The summed E-state index contributed by atoms with van der Waals surface area (Å²) in [4.78, 5) is 11.7. The Bertz CT molecular complexity index is 380. The van der Waals surface area contributed by atoms with E-state index in [1.807, 2.05) is 52.0 Å². The molecule has 0 bridgehead atoms. The second-order valence-electron chi connectivity index (χ2n) is 5.01. The monoisotopic (exact) mass is 235 g/mol. The molecule has 0 aliphatic carbocycles. The van der Waals surface area contributed by atoms with Crippen LogP contribution in [0.5, 0.6) is 5.75 Å². The minimum absolute atomic E-state index is 0.0549. The topological polar surface area (TPSA) is 38.3 Å². The Hall–Kier alpha value is -1.51. The highest BCUT2D eigenvalue weighted by Gasteiger charge is 2.20. The first-order valence-corrected chi connectivity index (χ1v) is 5.93. The molecule has 0 spiro atoms. The molecule has 0 unspecified atom stereocenters. The summed E-state index contributed by atoms with van der Waals surface area (Å²) in [6, 6.07) is 7.78. The highest BCUT2D eigenvalue weighted by Crippen LogP contribution is 2.15. The Morgan fingerprint density at radius 3 is 2.65 bits per heavy atom. The first-order chi connectivity index (χ1) is 7.93. The summed E-state index contributed by atoms with van der Waals surface area (Å²) in [6.45, 7) is 8.85. The molecule has 94 valence electrons. The molecule has 1 N–H and O–H groups in total. The lowest BCUT2D eigenvalue weighted by Crippen LogP contribution is -2.34. The van der Waals surface area contributed by atoms with Crippen LogP contribution in [0.3, 0.4) is 0 Å². The predicted octanol–water partition coefficient (Wildman–Crippen LogP) is 2.75. The molecule has 3 heteroatoms. The van der Waals surface area contributed by atoms with Gasteiger partial charge in [-0.2, -0.15) is 0 Å². The van der Waals surface area contributed by atoms with Gasteiger partial charge in [0.15, 0.2) is 0 Å².